The lowest BCUT2D eigenvalue weighted by atomic mass is 10.2. The monoisotopic (exact) mass is 347 g/mol. The Labute approximate surface area is 134 Å². The lowest BCUT2D eigenvalue weighted by Gasteiger charge is -2.24. The van der Waals surface area contributed by atoms with Gasteiger partial charge in [-0.3, -0.25) is 0 Å². The molecule has 5 nitrogen and oxygen atoms in total. The third kappa shape index (κ3) is 3.99. The first kappa shape index (κ1) is 17.7. The molecular formula is C15H19F2NO4S. The lowest BCUT2D eigenvalue weighted by Crippen LogP contribution is -2.36. The first-order valence-electron chi connectivity index (χ1n) is 7.17. The van der Waals surface area contributed by atoms with Crippen molar-refractivity contribution in [2.24, 2.45) is 0 Å². The zero-order valence-electron chi connectivity index (χ0n) is 13.2. The van der Waals surface area contributed by atoms with E-state index in [-0.39, 0.29) is 24.4 Å². The molecule has 1 saturated heterocycles. The lowest BCUT2D eigenvalue weighted by molar-refractivity contribution is 0.0295. The van der Waals surface area contributed by atoms with Crippen LogP contribution in [0.5, 0.6) is 0 Å². The number of halogens is 2. The Morgan fingerprint density at radius 2 is 1.91 bits per heavy atom. The largest absolute Gasteiger partial charge is 0.444 e. The summed E-state index contributed by atoms with van der Waals surface area (Å²) in [4.78, 5) is 13.0. The van der Waals surface area contributed by atoms with Crippen molar-refractivity contribution < 1.29 is 26.7 Å². The second-order valence-electron chi connectivity index (χ2n) is 6.46. The minimum absolute atomic E-state index is 0.0315. The third-order valence-corrected chi connectivity index (χ3v) is 5.63. The average Bonchev–Trinajstić information content (AvgIpc) is 2.90. The van der Waals surface area contributed by atoms with Crippen molar-refractivity contribution in [3.8, 4) is 0 Å². The fraction of sp³-hybridized carbons (Fsp3) is 0.533. The Kier molecular flexibility index (Phi) is 4.66. The Hall–Kier alpha value is -1.70. The molecule has 8 heteroatoms. The molecule has 1 fully saturated rings. The molecule has 1 heterocycles. The molecule has 2 rings (SSSR count). The topological polar surface area (TPSA) is 63.7 Å². The van der Waals surface area contributed by atoms with Gasteiger partial charge in [0.1, 0.15) is 5.60 Å². The molecule has 1 atom stereocenters. The van der Waals surface area contributed by atoms with E-state index >= 15 is 0 Å². The molecule has 1 aliphatic rings. The predicted octanol–water partition coefficient (Wildman–Crippen LogP) is 2.75. The van der Waals surface area contributed by atoms with Gasteiger partial charge in [0.2, 0.25) is 0 Å². The van der Waals surface area contributed by atoms with Gasteiger partial charge in [-0.1, -0.05) is 0 Å². The van der Waals surface area contributed by atoms with Crippen LogP contribution in [0.25, 0.3) is 0 Å². The fourth-order valence-corrected chi connectivity index (χ4v) is 4.02. The van der Waals surface area contributed by atoms with Gasteiger partial charge in [-0.15, -0.1) is 0 Å². The Balaban J connectivity index is 2.14. The van der Waals surface area contributed by atoms with Crippen molar-refractivity contribution in [3.63, 3.8) is 0 Å². The van der Waals surface area contributed by atoms with Crippen LogP contribution in [0, 0.1) is 11.6 Å². The number of amides is 1. The summed E-state index contributed by atoms with van der Waals surface area (Å²) in [6, 6.07) is 2.48. The van der Waals surface area contributed by atoms with Gasteiger partial charge in [0.05, 0.1) is 10.1 Å². The molecule has 128 valence electrons. The molecule has 0 aliphatic carbocycles. The number of carbonyl (C=O) groups excluding carboxylic acids is 1. The number of sulfone groups is 1. The quantitative estimate of drug-likeness (QED) is 0.772. The van der Waals surface area contributed by atoms with Crippen molar-refractivity contribution in [1.82, 2.24) is 4.90 Å². The van der Waals surface area contributed by atoms with Crippen LogP contribution in [0.15, 0.2) is 23.1 Å². The molecule has 0 aromatic heterocycles. The van der Waals surface area contributed by atoms with Crippen LogP contribution in [0.1, 0.15) is 27.2 Å². The summed E-state index contributed by atoms with van der Waals surface area (Å²) in [6.45, 7) is 5.36. The van der Waals surface area contributed by atoms with Gasteiger partial charge in [-0.05, 0) is 45.4 Å². The highest BCUT2D eigenvalue weighted by molar-refractivity contribution is 7.92. The molecule has 0 spiro atoms. The molecular weight excluding hydrogens is 328 g/mol. The zero-order chi connectivity index (χ0) is 17.4. The van der Waals surface area contributed by atoms with E-state index in [1.807, 2.05) is 0 Å². The van der Waals surface area contributed by atoms with E-state index in [2.05, 4.69) is 0 Å². The molecule has 0 N–H and O–H groups in total. The van der Waals surface area contributed by atoms with Crippen LogP contribution in [0.4, 0.5) is 13.6 Å². The summed E-state index contributed by atoms with van der Waals surface area (Å²) in [5.74, 6) is -2.32. The maximum atomic E-state index is 13.3. The Morgan fingerprint density at radius 1 is 1.26 bits per heavy atom. The third-order valence-electron chi connectivity index (χ3n) is 3.46. The van der Waals surface area contributed by atoms with Crippen molar-refractivity contribution in [2.75, 3.05) is 13.1 Å². The second-order valence-corrected chi connectivity index (χ2v) is 8.69. The van der Waals surface area contributed by atoms with Crippen molar-refractivity contribution >= 4 is 15.9 Å². The van der Waals surface area contributed by atoms with E-state index in [0.717, 1.165) is 12.1 Å². The van der Waals surface area contributed by atoms with Gasteiger partial charge in [0.15, 0.2) is 21.5 Å². The second kappa shape index (κ2) is 6.07. The number of carbonyl (C=O) groups is 1. The summed E-state index contributed by atoms with van der Waals surface area (Å²) >= 11 is 0. The highest BCUT2D eigenvalue weighted by Gasteiger charge is 2.37. The van der Waals surface area contributed by atoms with Gasteiger partial charge in [-0.25, -0.2) is 22.0 Å². The van der Waals surface area contributed by atoms with E-state index in [4.69, 9.17) is 4.74 Å². The zero-order valence-corrected chi connectivity index (χ0v) is 14.0. The summed E-state index contributed by atoms with van der Waals surface area (Å²) in [5.41, 5.74) is -0.672. The molecule has 0 bridgehead atoms. The highest BCUT2D eigenvalue weighted by Crippen LogP contribution is 2.26. The first-order chi connectivity index (χ1) is 10.5. The van der Waals surface area contributed by atoms with E-state index in [9.17, 15) is 22.0 Å². The molecule has 23 heavy (non-hydrogen) atoms. The van der Waals surface area contributed by atoms with Crippen molar-refractivity contribution in [1.29, 1.82) is 0 Å². The minimum Gasteiger partial charge on any atom is -0.444 e. The number of ether oxygens (including phenoxy) is 1. The van der Waals surface area contributed by atoms with Crippen LogP contribution in [0.2, 0.25) is 0 Å². The Bertz CT molecular complexity index is 713. The summed E-state index contributed by atoms with van der Waals surface area (Å²) in [7, 11) is -3.84. The summed E-state index contributed by atoms with van der Waals surface area (Å²) in [6.07, 6.45) is -0.360. The van der Waals surface area contributed by atoms with E-state index in [0.29, 0.717) is 6.07 Å². The number of rotatable bonds is 2. The van der Waals surface area contributed by atoms with Crippen LogP contribution in [0.3, 0.4) is 0 Å². The van der Waals surface area contributed by atoms with E-state index < -0.39 is 38.4 Å². The van der Waals surface area contributed by atoms with Crippen molar-refractivity contribution in [3.05, 3.63) is 29.8 Å². The fourth-order valence-electron chi connectivity index (χ4n) is 2.32. The van der Waals surface area contributed by atoms with Crippen molar-refractivity contribution in [2.45, 2.75) is 42.9 Å². The molecule has 0 unspecified atom stereocenters. The van der Waals surface area contributed by atoms with E-state index in [1.54, 1.807) is 20.8 Å². The van der Waals surface area contributed by atoms with Gasteiger partial charge in [0.25, 0.3) is 0 Å². The van der Waals surface area contributed by atoms with Crippen LogP contribution < -0.4 is 0 Å². The number of nitrogens with zero attached hydrogens (tertiary/aromatic N) is 1. The molecule has 1 aromatic rings. The SMILES string of the molecule is CC(C)(C)OC(=O)N1CC[C@H](S(=O)(=O)c2ccc(F)c(F)c2)C1. The predicted molar refractivity (Wildman–Crippen MR) is 79.8 cm³/mol. The van der Waals surface area contributed by atoms with Gasteiger partial charge in [-0.2, -0.15) is 0 Å². The molecule has 0 saturated carbocycles. The normalized spacial score (nSPS) is 19.0. The van der Waals surface area contributed by atoms with Crippen LogP contribution in [-0.4, -0.2) is 43.4 Å². The van der Waals surface area contributed by atoms with Gasteiger partial charge >= 0.3 is 6.09 Å². The molecule has 1 amide bonds. The summed E-state index contributed by atoms with van der Waals surface area (Å²) < 4.78 is 56.4. The van der Waals surface area contributed by atoms with Crippen LogP contribution >= 0.6 is 0 Å². The minimum atomic E-state index is -3.84. The first-order valence-corrected chi connectivity index (χ1v) is 8.72. The number of likely N-dealkylation sites (tertiary alicyclic amines) is 1. The molecule has 1 aliphatic heterocycles. The maximum Gasteiger partial charge on any atom is 0.410 e. The smallest absolute Gasteiger partial charge is 0.410 e. The molecule has 0 radical (unpaired) electrons. The average molecular weight is 347 g/mol. The van der Waals surface area contributed by atoms with Gasteiger partial charge < -0.3 is 9.64 Å². The number of benzene rings is 1. The number of hydrogen-bond acceptors (Lipinski definition) is 4. The highest BCUT2D eigenvalue weighted by atomic mass is 32.2. The Morgan fingerprint density at radius 3 is 2.48 bits per heavy atom. The standard InChI is InChI=1S/C15H19F2NO4S/c1-15(2,3)22-14(19)18-7-6-11(9-18)23(20,21)10-4-5-12(16)13(17)8-10/h4-5,8,11H,6-7,9H2,1-3H3/t11-/m0/s1. The summed E-state index contributed by atoms with van der Waals surface area (Å²) in [5, 5.41) is -0.861. The molecule has 1 aromatic carbocycles. The van der Waals surface area contributed by atoms with E-state index in [1.165, 1.54) is 4.90 Å². The van der Waals surface area contributed by atoms with Gasteiger partial charge in [0, 0.05) is 13.1 Å². The number of hydrogen-bond donors (Lipinski definition) is 0. The van der Waals surface area contributed by atoms with Crippen LogP contribution in [-0.2, 0) is 14.6 Å². The maximum absolute atomic E-state index is 13.3.